The molecule has 13 rings (SSSR count). The Labute approximate surface area is 384 Å². The van der Waals surface area contributed by atoms with Crippen molar-refractivity contribution in [1.29, 1.82) is 0 Å². The highest BCUT2D eigenvalue weighted by Gasteiger charge is 2.35. The zero-order valence-corrected chi connectivity index (χ0v) is 36.8. The van der Waals surface area contributed by atoms with Crippen LogP contribution in [-0.2, 0) is 5.41 Å². The molecule has 0 fully saturated rings. The van der Waals surface area contributed by atoms with Gasteiger partial charge in [-0.05, 0) is 146 Å². The molecule has 0 radical (unpaired) electrons. The summed E-state index contributed by atoms with van der Waals surface area (Å²) < 4.78 is 12.3. The van der Waals surface area contributed by atoms with Gasteiger partial charge in [0.15, 0.2) is 0 Å². The molecule has 1 atom stereocenters. The minimum atomic E-state index is -0.00535. The van der Waals surface area contributed by atoms with E-state index in [9.17, 15) is 0 Å². The topological polar surface area (TPSA) is 29.5 Å². The van der Waals surface area contributed by atoms with E-state index in [1.807, 2.05) is 24.3 Å². The Balaban J connectivity index is 0.852. The maximum Gasteiger partial charge on any atom is 0.135 e. The van der Waals surface area contributed by atoms with Crippen LogP contribution in [0.1, 0.15) is 48.4 Å². The van der Waals surface area contributed by atoms with E-state index >= 15 is 0 Å². The number of nitrogens with zero attached hydrogens (tertiary/aromatic N) is 1. The summed E-state index contributed by atoms with van der Waals surface area (Å²) in [4.78, 5) is 2.39. The highest BCUT2D eigenvalue weighted by atomic mass is 16.3. The number of para-hydroxylation sites is 2. The number of fused-ring (bicyclic) bond motifs is 9. The second kappa shape index (κ2) is 15.0. The van der Waals surface area contributed by atoms with E-state index in [2.05, 4.69) is 213 Å². The summed E-state index contributed by atoms with van der Waals surface area (Å²) in [6, 6.07) is 72.7. The third-order valence-electron chi connectivity index (χ3n) is 14.3. The van der Waals surface area contributed by atoms with E-state index in [0.29, 0.717) is 0 Å². The lowest BCUT2D eigenvalue weighted by Gasteiger charge is -2.27. The quantitative estimate of drug-likeness (QED) is 0.160. The molecule has 0 saturated carbocycles. The van der Waals surface area contributed by atoms with Crippen molar-refractivity contribution in [2.75, 3.05) is 4.90 Å². The molecule has 66 heavy (non-hydrogen) atoms. The fourth-order valence-electron chi connectivity index (χ4n) is 10.8. The molecule has 314 valence electrons. The van der Waals surface area contributed by atoms with Crippen LogP contribution in [0.3, 0.4) is 0 Å². The SMILES string of the molecule is CC1(C)c2ccccc2-c2cc(C3=CC=CC(c4cccc(N(c5ccc(-c6ccc7oc8ccccc8c7c6)cc5)c5ccc(-c6ccc7oc8ccccc8c7c6)cc5)c4)C3)ccc21. The van der Waals surface area contributed by atoms with E-state index in [0.717, 1.165) is 89.6 Å². The molecule has 0 saturated heterocycles. The smallest absolute Gasteiger partial charge is 0.135 e. The van der Waals surface area contributed by atoms with Crippen LogP contribution in [0.25, 0.3) is 82.8 Å². The second-order valence-corrected chi connectivity index (χ2v) is 18.5. The van der Waals surface area contributed by atoms with Gasteiger partial charge < -0.3 is 13.7 Å². The number of hydrogen-bond acceptors (Lipinski definition) is 3. The van der Waals surface area contributed by atoms with E-state index in [1.54, 1.807) is 0 Å². The summed E-state index contributed by atoms with van der Waals surface area (Å²) in [5.41, 5.74) is 21.0. The number of benzene rings is 9. The van der Waals surface area contributed by atoms with Crippen LogP contribution in [0.5, 0.6) is 0 Å². The van der Waals surface area contributed by atoms with Gasteiger partial charge in [0.2, 0.25) is 0 Å². The average molecular weight is 848 g/mol. The molecule has 3 nitrogen and oxygen atoms in total. The van der Waals surface area contributed by atoms with Gasteiger partial charge in [0.1, 0.15) is 22.3 Å². The lowest BCUT2D eigenvalue weighted by Crippen LogP contribution is -2.14. The van der Waals surface area contributed by atoms with Crippen molar-refractivity contribution >= 4 is 66.5 Å². The van der Waals surface area contributed by atoms with Crippen molar-refractivity contribution in [1.82, 2.24) is 0 Å². The Hall–Kier alpha value is -8.14. The van der Waals surface area contributed by atoms with Gasteiger partial charge in [-0.1, -0.05) is 153 Å². The van der Waals surface area contributed by atoms with E-state index in [4.69, 9.17) is 8.83 Å². The van der Waals surface area contributed by atoms with Gasteiger partial charge >= 0.3 is 0 Å². The second-order valence-electron chi connectivity index (χ2n) is 18.5. The third-order valence-corrected chi connectivity index (χ3v) is 14.3. The Morgan fingerprint density at radius 2 is 0.970 bits per heavy atom. The zero-order chi connectivity index (χ0) is 43.9. The molecule has 1 unspecified atom stereocenters. The molecule has 2 heterocycles. The molecular formula is C63H45NO2. The standard InChI is InChI=1S/C63H45NO2/c1-63(2)57-18-6-3-15-51(57)54-37-47(25-32-58(54)63)43-12-9-11-42(35-43)44-13-10-14-50(36-44)64(48-28-21-40(22-29-48)45-26-33-61-55(38-45)52-16-4-7-19-59(52)65-61)49-30-23-41(24-31-49)46-27-34-62-56(39-46)53-17-5-8-20-60(53)66-62/h3-34,36-39,42H,35H2,1-2H3. The van der Waals surface area contributed by atoms with Crippen LogP contribution < -0.4 is 4.90 Å². The summed E-state index contributed by atoms with van der Waals surface area (Å²) in [5, 5.41) is 4.53. The molecule has 0 spiro atoms. The normalized spacial score (nSPS) is 15.1. The number of anilines is 3. The number of furan rings is 2. The molecule has 9 aromatic carbocycles. The molecule has 0 bridgehead atoms. The van der Waals surface area contributed by atoms with E-state index in [-0.39, 0.29) is 11.3 Å². The average Bonchev–Trinajstić information content (AvgIpc) is 4.01. The highest BCUT2D eigenvalue weighted by Crippen LogP contribution is 2.50. The first kappa shape index (κ1) is 38.3. The molecule has 0 N–H and O–H groups in total. The minimum absolute atomic E-state index is 0.00535. The van der Waals surface area contributed by atoms with Crippen LogP contribution in [0.4, 0.5) is 17.1 Å². The number of allylic oxidation sites excluding steroid dienone is 4. The lowest BCUT2D eigenvalue weighted by molar-refractivity contribution is 0.660. The van der Waals surface area contributed by atoms with E-state index in [1.165, 1.54) is 39.0 Å². The van der Waals surface area contributed by atoms with Crippen LogP contribution in [0, 0.1) is 0 Å². The first-order valence-electron chi connectivity index (χ1n) is 23.0. The molecule has 0 amide bonds. The van der Waals surface area contributed by atoms with Crippen molar-refractivity contribution in [3.8, 4) is 33.4 Å². The van der Waals surface area contributed by atoms with Crippen molar-refractivity contribution in [3.05, 3.63) is 241 Å². The maximum absolute atomic E-state index is 6.16. The molecule has 2 aliphatic carbocycles. The van der Waals surface area contributed by atoms with Crippen LogP contribution in [0.2, 0.25) is 0 Å². The van der Waals surface area contributed by atoms with Crippen LogP contribution in [-0.4, -0.2) is 0 Å². The van der Waals surface area contributed by atoms with Crippen LogP contribution >= 0.6 is 0 Å². The predicted octanol–water partition coefficient (Wildman–Crippen LogP) is 17.7. The van der Waals surface area contributed by atoms with Gasteiger partial charge in [0, 0.05) is 49.9 Å². The largest absolute Gasteiger partial charge is 0.456 e. The van der Waals surface area contributed by atoms with Gasteiger partial charge in [-0.15, -0.1) is 0 Å². The van der Waals surface area contributed by atoms with Crippen molar-refractivity contribution in [2.24, 2.45) is 0 Å². The molecular weight excluding hydrogens is 803 g/mol. The monoisotopic (exact) mass is 847 g/mol. The van der Waals surface area contributed by atoms with E-state index < -0.39 is 0 Å². The number of rotatable bonds is 7. The lowest BCUT2D eigenvalue weighted by atomic mass is 9.81. The van der Waals surface area contributed by atoms with Crippen molar-refractivity contribution in [3.63, 3.8) is 0 Å². The Morgan fingerprint density at radius 1 is 0.424 bits per heavy atom. The Bertz CT molecular complexity index is 3610. The van der Waals surface area contributed by atoms with Gasteiger partial charge in [-0.25, -0.2) is 0 Å². The van der Waals surface area contributed by atoms with Gasteiger partial charge in [-0.3, -0.25) is 0 Å². The molecule has 3 heteroatoms. The summed E-state index contributed by atoms with van der Waals surface area (Å²) in [7, 11) is 0. The molecule has 0 aliphatic heterocycles. The van der Waals surface area contributed by atoms with Crippen LogP contribution in [0.15, 0.2) is 227 Å². The summed E-state index contributed by atoms with van der Waals surface area (Å²) in [6.45, 7) is 4.70. The Kier molecular flexibility index (Phi) is 8.69. The first-order valence-corrected chi connectivity index (χ1v) is 23.0. The fraction of sp³-hybridized carbons (Fsp3) is 0.0794. The van der Waals surface area contributed by atoms with Crippen molar-refractivity contribution in [2.45, 2.75) is 31.6 Å². The van der Waals surface area contributed by atoms with Crippen molar-refractivity contribution < 1.29 is 8.83 Å². The minimum Gasteiger partial charge on any atom is -0.456 e. The van der Waals surface area contributed by atoms with Gasteiger partial charge in [0.05, 0.1) is 0 Å². The molecule has 11 aromatic rings. The summed E-state index contributed by atoms with van der Waals surface area (Å²) in [5.74, 6) is 0.233. The highest BCUT2D eigenvalue weighted by molar-refractivity contribution is 6.07. The molecule has 2 aliphatic rings. The molecule has 2 aromatic heterocycles. The van der Waals surface area contributed by atoms with Gasteiger partial charge in [0.25, 0.3) is 0 Å². The third kappa shape index (κ3) is 6.26. The Morgan fingerprint density at radius 3 is 1.62 bits per heavy atom. The summed E-state index contributed by atoms with van der Waals surface area (Å²) >= 11 is 0. The first-order chi connectivity index (χ1) is 32.4. The van der Waals surface area contributed by atoms with Gasteiger partial charge in [-0.2, -0.15) is 0 Å². The predicted molar refractivity (Wildman–Crippen MR) is 275 cm³/mol. The summed E-state index contributed by atoms with van der Waals surface area (Å²) in [6.07, 6.45) is 7.86. The maximum atomic E-state index is 6.16. The zero-order valence-electron chi connectivity index (χ0n) is 36.8. The fourth-order valence-corrected chi connectivity index (χ4v) is 10.8. The number of hydrogen-bond donors (Lipinski definition) is 0.